The lowest BCUT2D eigenvalue weighted by molar-refractivity contribution is -0.182. The van der Waals surface area contributed by atoms with Gasteiger partial charge in [0.2, 0.25) is 5.95 Å². The number of aromatic nitrogens is 1. The Labute approximate surface area is 113 Å². The maximum absolute atomic E-state index is 12.9. The normalized spacial score (nSPS) is 23.4. The third-order valence-electron chi connectivity index (χ3n) is 3.51. The van der Waals surface area contributed by atoms with E-state index in [1.165, 1.54) is 12.3 Å². The van der Waals surface area contributed by atoms with Gasteiger partial charge in [0.25, 0.3) is 5.91 Å². The van der Waals surface area contributed by atoms with Gasteiger partial charge in [-0.3, -0.25) is 4.79 Å². The molecule has 0 spiro atoms. The van der Waals surface area contributed by atoms with Crippen molar-refractivity contribution in [2.45, 2.75) is 37.9 Å². The van der Waals surface area contributed by atoms with Gasteiger partial charge in [0, 0.05) is 23.9 Å². The fourth-order valence-corrected chi connectivity index (χ4v) is 2.38. The topological polar surface area (TPSA) is 42.0 Å². The van der Waals surface area contributed by atoms with Crippen LogP contribution in [0.1, 0.15) is 36.0 Å². The molecule has 1 aromatic rings. The number of pyridine rings is 1. The van der Waals surface area contributed by atoms with Gasteiger partial charge in [-0.2, -0.15) is 17.6 Å². The predicted molar refractivity (Wildman–Crippen MR) is 63.5 cm³/mol. The molecule has 0 aromatic carbocycles. The lowest BCUT2D eigenvalue weighted by atomic mass is 9.85. The zero-order valence-electron chi connectivity index (χ0n) is 10.6. The zero-order chi connectivity index (χ0) is 14.8. The lowest BCUT2D eigenvalue weighted by Gasteiger charge is -2.30. The highest BCUT2D eigenvalue weighted by Crippen LogP contribution is 2.37. The molecule has 3 nitrogen and oxygen atoms in total. The SMILES string of the molecule is O=C(NC1CCC(C(F)(F)F)CC1)c1ccnc(F)c1. The molecule has 0 radical (unpaired) electrons. The van der Waals surface area contributed by atoms with Gasteiger partial charge in [0.05, 0.1) is 5.92 Å². The monoisotopic (exact) mass is 290 g/mol. The predicted octanol–water partition coefficient (Wildman–Crippen LogP) is 3.07. The average Bonchev–Trinajstić information content (AvgIpc) is 2.38. The van der Waals surface area contributed by atoms with Gasteiger partial charge in [0.1, 0.15) is 0 Å². The van der Waals surface area contributed by atoms with Crippen LogP contribution < -0.4 is 5.32 Å². The van der Waals surface area contributed by atoms with Crippen LogP contribution in [0.2, 0.25) is 0 Å². The number of nitrogens with one attached hydrogen (secondary N) is 1. The van der Waals surface area contributed by atoms with Crippen LogP contribution in [0.5, 0.6) is 0 Å². The van der Waals surface area contributed by atoms with E-state index < -0.39 is 23.9 Å². The number of nitrogens with zero attached hydrogens (tertiary/aromatic N) is 1. The molecule has 7 heteroatoms. The Balaban J connectivity index is 1.88. The molecule has 1 fully saturated rings. The quantitative estimate of drug-likeness (QED) is 0.672. The van der Waals surface area contributed by atoms with Crippen molar-refractivity contribution in [2.24, 2.45) is 5.92 Å². The Morgan fingerprint density at radius 3 is 2.45 bits per heavy atom. The molecule has 0 atom stereocenters. The number of rotatable bonds is 2. The van der Waals surface area contributed by atoms with Crippen molar-refractivity contribution in [3.63, 3.8) is 0 Å². The number of alkyl halides is 3. The Morgan fingerprint density at radius 2 is 1.90 bits per heavy atom. The summed E-state index contributed by atoms with van der Waals surface area (Å²) in [5.74, 6) is -2.53. The van der Waals surface area contributed by atoms with E-state index in [1.54, 1.807) is 0 Å². The second kappa shape index (κ2) is 5.76. The van der Waals surface area contributed by atoms with Gasteiger partial charge in [0.15, 0.2) is 0 Å². The molecular weight excluding hydrogens is 276 g/mol. The molecule has 1 heterocycles. The van der Waals surface area contributed by atoms with Crippen LogP contribution in [0.15, 0.2) is 18.3 Å². The molecule has 110 valence electrons. The van der Waals surface area contributed by atoms with Crippen LogP contribution in [0.25, 0.3) is 0 Å². The van der Waals surface area contributed by atoms with E-state index in [0.29, 0.717) is 0 Å². The van der Waals surface area contributed by atoms with E-state index in [0.717, 1.165) is 6.07 Å². The lowest BCUT2D eigenvalue weighted by Crippen LogP contribution is -2.40. The van der Waals surface area contributed by atoms with Crippen LogP contribution in [0, 0.1) is 11.9 Å². The molecule has 0 aliphatic heterocycles. The first-order chi connectivity index (χ1) is 9.36. The molecule has 1 N–H and O–H groups in total. The van der Waals surface area contributed by atoms with Gasteiger partial charge >= 0.3 is 6.18 Å². The highest BCUT2D eigenvalue weighted by molar-refractivity contribution is 5.94. The summed E-state index contributed by atoms with van der Waals surface area (Å²) in [6.45, 7) is 0. The number of hydrogen-bond acceptors (Lipinski definition) is 2. The smallest absolute Gasteiger partial charge is 0.349 e. The molecule has 1 aliphatic carbocycles. The van der Waals surface area contributed by atoms with Crippen molar-refractivity contribution in [1.82, 2.24) is 10.3 Å². The first-order valence-electron chi connectivity index (χ1n) is 6.35. The maximum Gasteiger partial charge on any atom is 0.391 e. The summed E-state index contributed by atoms with van der Waals surface area (Å²) in [7, 11) is 0. The summed E-state index contributed by atoms with van der Waals surface area (Å²) in [4.78, 5) is 15.2. The van der Waals surface area contributed by atoms with Crippen molar-refractivity contribution < 1.29 is 22.4 Å². The minimum atomic E-state index is -4.16. The van der Waals surface area contributed by atoms with Gasteiger partial charge < -0.3 is 5.32 Å². The Kier molecular flexibility index (Phi) is 4.25. The molecular formula is C13H14F4N2O. The van der Waals surface area contributed by atoms with E-state index in [1.807, 2.05) is 0 Å². The minimum absolute atomic E-state index is 0.0130. The van der Waals surface area contributed by atoms with E-state index in [9.17, 15) is 22.4 Å². The average molecular weight is 290 g/mol. The molecule has 1 aromatic heterocycles. The van der Waals surface area contributed by atoms with E-state index in [2.05, 4.69) is 10.3 Å². The summed E-state index contributed by atoms with van der Waals surface area (Å²) in [5.41, 5.74) is 0.121. The largest absolute Gasteiger partial charge is 0.391 e. The third kappa shape index (κ3) is 3.68. The standard InChI is InChI=1S/C13H14F4N2O/c14-11-7-8(5-6-18-11)12(20)19-10-3-1-9(2-4-10)13(15,16)17/h5-7,9-10H,1-4H2,(H,19,20). The molecule has 0 saturated heterocycles. The van der Waals surface area contributed by atoms with Gasteiger partial charge in [-0.1, -0.05) is 0 Å². The van der Waals surface area contributed by atoms with Gasteiger partial charge in [-0.15, -0.1) is 0 Å². The number of carbonyl (C=O) groups excluding carboxylic acids is 1. The molecule has 1 aliphatic rings. The van der Waals surface area contributed by atoms with Crippen molar-refractivity contribution in [3.8, 4) is 0 Å². The fourth-order valence-electron chi connectivity index (χ4n) is 2.38. The highest BCUT2D eigenvalue weighted by atomic mass is 19.4. The van der Waals surface area contributed by atoms with Crippen LogP contribution in [0.4, 0.5) is 17.6 Å². The second-order valence-corrected chi connectivity index (χ2v) is 4.93. The van der Waals surface area contributed by atoms with Gasteiger partial charge in [-0.25, -0.2) is 4.98 Å². The maximum atomic E-state index is 12.9. The highest BCUT2D eigenvalue weighted by Gasteiger charge is 2.41. The number of halogens is 4. The summed E-state index contributed by atoms with van der Waals surface area (Å²) < 4.78 is 50.4. The molecule has 1 saturated carbocycles. The molecule has 1 amide bonds. The first-order valence-corrected chi connectivity index (χ1v) is 6.35. The van der Waals surface area contributed by atoms with Crippen LogP contribution >= 0.6 is 0 Å². The van der Waals surface area contributed by atoms with Crippen LogP contribution in [0.3, 0.4) is 0 Å². The minimum Gasteiger partial charge on any atom is -0.349 e. The number of hydrogen-bond donors (Lipinski definition) is 1. The summed E-state index contributed by atoms with van der Waals surface area (Å²) in [6.07, 6.45) is -2.40. The Morgan fingerprint density at radius 1 is 1.25 bits per heavy atom. The van der Waals surface area contributed by atoms with E-state index in [4.69, 9.17) is 0 Å². The molecule has 2 rings (SSSR count). The Bertz CT molecular complexity index is 482. The molecule has 0 unspecified atom stereocenters. The van der Waals surface area contributed by atoms with Crippen molar-refractivity contribution >= 4 is 5.91 Å². The first kappa shape index (κ1) is 14.7. The zero-order valence-corrected chi connectivity index (χ0v) is 10.6. The Hall–Kier alpha value is -1.66. The van der Waals surface area contributed by atoms with Crippen LogP contribution in [-0.4, -0.2) is 23.1 Å². The van der Waals surface area contributed by atoms with Crippen molar-refractivity contribution in [3.05, 3.63) is 29.8 Å². The van der Waals surface area contributed by atoms with Gasteiger partial charge in [-0.05, 0) is 31.7 Å². The van der Waals surface area contributed by atoms with E-state index >= 15 is 0 Å². The third-order valence-corrected chi connectivity index (χ3v) is 3.51. The molecule has 0 bridgehead atoms. The van der Waals surface area contributed by atoms with Crippen molar-refractivity contribution in [2.75, 3.05) is 0 Å². The second-order valence-electron chi connectivity index (χ2n) is 4.93. The molecule has 20 heavy (non-hydrogen) atoms. The van der Waals surface area contributed by atoms with Crippen LogP contribution in [-0.2, 0) is 0 Å². The summed E-state index contributed by atoms with van der Waals surface area (Å²) >= 11 is 0. The number of carbonyl (C=O) groups is 1. The summed E-state index contributed by atoms with van der Waals surface area (Å²) in [5, 5.41) is 2.63. The summed E-state index contributed by atoms with van der Waals surface area (Å²) in [6, 6.07) is 2.06. The fraction of sp³-hybridized carbons (Fsp3) is 0.538. The number of amides is 1. The van der Waals surface area contributed by atoms with Crippen molar-refractivity contribution in [1.29, 1.82) is 0 Å². The van der Waals surface area contributed by atoms with E-state index in [-0.39, 0.29) is 37.3 Å².